The second kappa shape index (κ2) is 6.19. The Balaban J connectivity index is 1.86. The normalized spacial score (nSPS) is 12.3. The number of nitrogens with zero attached hydrogens (tertiary/aromatic N) is 2. The van der Waals surface area contributed by atoms with Crippen LogP contribution in [0.1, 0.15) is 22.4 Å². The van der Waals surface area contributed by atoms with E-state index >= 15 is 0 Å². The molecule has 0 bridgehead atoms. The van der Waals surface area contributed by atoms with Gasteiger partial charge < -0.3 is 9.47 Å². The number of thioether (sulfide) groups is 1. The number of aryl methyl sites for hydroxylation is 2. The van der Waals surface area contributed by atoms with Crippen LogP contribution in [0.5, 0.6) is 11.5 Å². The van der Waals surface area contributed by atoms with E-state index in [1.54, 1.807) is 11.8 Å². The summed E-state index contributed by atoms with van der Waals surface area (Å²) in [6.07, 6.45) is 0. The predicted octanol–water partition coefficient (Wildman–Crippen LogP) is 4.35. The van der Waals surface area contributed by atoms with Crippen molar-refractivity contribution in [1.29, 1.82) is 5.26 Å². The summed E-state index contributed by atoms with van der Waals surface area (Å²) < 4.78 is 11.7. The third-order valence-corrected chi connectivity index (χ3v) is 5.09. The van der Waals surface area contributed by atoms with E-state index in [2.05, 4.69) is 27.0 Å². The number of ether oxygens (including phenoxy) is 2. The summed E-state index contributed by atoms with van der Waals surface area (Å²) in [7, 11) is 0. The van der Waals surface area contributed by atoms with Crippen LogP contribution in [0.25, 0.3) is 0 Å². The van der Waals surface area contributed by atoms with Gasteiger partial charge in [0.1, 0.15) is 11.1 Å². The van der Waals surface area contributed by atoms with Gasteiger partial charge in [-0.1, -0.05) is 15.9 Å². The molecule has 6 heteroatoms. The number of halogens is 1. The SMILES string of the molecule is Cc1cc(C)c(C#N)c(SCc2cc3c(cc2Br)OCO3)n1. The van der Waals surface area contributed by atoms with Gasteiger partial charge >= 0.3 is 0 Å². The van der Waals surface area contributed by atoms with E-state index in [0.29, 0.717) is 11.3 Å². The average molecular weight is 377 g/mol. The average Bonchev–Trinajstić information content (AvgIpc) is 2.91. The summed E-state index contributed by atoms with van der Waals surface area (Å²) in [4.78, 5) is 4.49. The number of nitriles is 1. The molecule has 2 aromatic rings. The van der Waals surface area contributed by atoms with Crippen molar-refractivity contribution in [3.05, 3.63) is 45.1 Å². The maximum absolute atomic E-state index is 9.32. The lowest BCUT2D eigenvalue weighted by Crippen LogP contribution is -1.95. The fourth-order valence-corrected chi connectivity index (χ4v) is 4.00. The van der Waals surface area contributed by atoms with Crippen LogP contribution in [0.3, 0.4) is 0 Å². The van der Waals surface area contributed by atoms with Gasteiger partial charge in [-0.25, -0.2) is 4.98 Å². The molecule has 0 N–H and O–H groups in total. The molecular weight excluding hydrogens is 364 g/mol. The van der Waals surface area contributed by atoms with Crippen molar-refractivity contribution in [1.82, 2.24) is 4.98 Å². The molecular formula is C16H13BrN2O2S. The molecule has 3 rings (SSSR count). The molecule has 0 atom stereocenters. The number of hydrogen-bond acceptors (Lipinski definition) is 5. The molecule has 1 aromatic carbocycles. The van der Waals surface area contributed by atoms with E-state index in [4.69, 9.17) is 9.47 Å². The molecule has 0 unspecified atom stereocenters. The van der Waals surface area contributed by atoms with Crippen LogP contribution in [0, 0.1) is 25.2 Å². The van der Waals surface area contributed by atoms with Gasteiger partial charge in [-0.15, -0.1) is 11.8 Å². The molecule has 0 fully saturated rings. The zero-order chi connectivity index (χ0) is 15.7. The minimum atomic E-state index is 0.260. The Hall–Kier alpha value is -1.71. The molecule has 4 nitrogen and oxygen atoms in total. The number of pyridine rings is 1. The van der Waals surface area contributed by atoms with Gasteiger partial charge in [0.15, 0.2) is 11.5 Å². The van der Waals surface area contributed by atoms with Gasteiger partial charge in [0, 0.05) is 15.9 Å². The molecule has 0 saturated heterocycles. The van der Waals surface area contributed by atoms with Gasteiger partial charge in [0.2, 0.25) is 6.79 Å². The zero-order valence-electron chi connectivity index (χ0n) is 12.1. The Morgan fingerprint density at radius 2 is 2.00 bits per heavy atom. The first-order chi connectivity index (χ1) is 10.6. The summed E-state index contributed by atoms with van der Waals surface area (Å²) in [5.41, 5.74) is 3.61. The number of rotatable bonds is 3. The number of aromatic nitrogens is 1. The van der Waals surface area contributed by atoms with Gasteiger partial charge in [0.25, 0.3) is 0 Å². The molecule has 1 aliphatic rings. The Labute approximate surface area is 141 Å². The topological polar surface area (TPSA) is 55.1 Å². The third kappa shape index (κ3) is 2.92. The highest BCUT2D eigenvalue weighted by Crippen LogP contribution is 2.39. The van der Waals surface area contributed by atoms with Gasteiger partial charge in [-0.05, 0) is 43.2 Å². The number of benzene rings is 1. The quantitative estimate of drug-likeness (QED) is 0.745. The first-order valence-electron chi connectivity index (χ1n) is 6.67. The first kappa shape index (κ1) is 15.2. The Morgan fingerprint density at radius 3 is 2.73 bits per heavy atom. The van der Waals surface area contributed by atoms with Crippen LogP contribution in [0.2, 0.25) is 0 Å². The van der Waals surface area contributed by atoms with Crippen molar-refractivity contribution in [3.8, 4) is 17.6 Å². The van der Waals surface area contributed by atoms with E-state index in [0.717, 1.165) is 37.8 Å². The Morgan fingerprint density at radius 1 is 1.27 bits per heavy atom. The predicted molar refractivity (Wildman–Crippen MR) is 88.3 cm³/mol. The van der Waals surface area contributed by atoms with E-state index < -0.39 is 0 Å². The standard InChI is InChI=1S/C16H13BrN2O2S/c1-9-3-10(2)19-16(12(9)6-18)22-7-11-4-14-15(5-13(11)17)21-8-20-14/h3-5H,7-8H2,1-2H3. The second-order valence-corrected chi connectivity index (χ2v) is 6.78. The lowest BCUT2D eigenvalue weighted by molar-refractivity contribution is 0.174. The van der Waals surface area contributed by atoms with Crippen molar-refractivity contribution < 1.29 is 9.47 Å². The smallest absolute Gasteiger partial charge is 0.231 e. The van der Waals surface area contributed by atoms with Crippen LogP contribution in [0.15, 0.2) is 27.7 Å². The maximum atomic E-state index is 9.32. The monoisotopic (exact) mass is 376 g/mol. The molecule has 112 valence electrons. The van der Waals surface area contributed by atoms with Crippen molar-refractivity contribution >= 4 is 27.7 Å². The van der Waals surface area contributed by atoms with Crippen LogP contribution >= 0.6 is 27.7 Å². The minimum absolute atomic E-state index is 0.260. The molecule has 0 radical (unpaired) electrons. The van der Waals surface area contributed by atoms with Crippen molar-refractivity contribution in [2.45, 2.75) is 24.6 Å². The number of hydrogen-bond donors (Lipinski definition) is 0. The zero-order valence-corrected chi connectivity index (χ0v) is 14.5. The Kier molecular flexibility index (Phi) is 4.27. The highest BCUT2D eigenvalue weighted by atomic mass is 79.9. The summed E-state index contributed by atoms with van der Waals surface area (Å²) in [5.74, 6) is 2.21. The maximum Gasteiger partial charge on any atom is 0.231 e. The Bertz CT molecular complexity index is 787. The van der Waals surface area contributed by atoms with Crippen LogP contribution in [0.4, 0.5) is 0 Å². The molecule has 0 saturated carbocycles. The minimum Gasteiger partial charge on any atom is -0.454 e. The summed E-state index contributed by atoms with van der Waals surface area (Å²) in [6, 6.07) is 8.05. The van der Waals surface area contributed by atoms with Gasteiger partial charge in [0.05, 0.1) is 5.56 Å². The van der Waals surface area contributed by atoms with E-state index in [1.165, 1.54) is 0 Å². The van der Waals surface area contributed by atoms with Crippen molar-refractivity contribution in [2.24, 2.45) is 0 Å². The summed E-state index contributed by atoms with van der Waals surface area (Å²) in [5, 5.41) is 10.1. The molecule has 22 heavy (non-hydrogen) atoms. The fourth-order valence-electron chi connectivity index (χ4n) is 2.26. The van der Waals surface area contributed by atoms with Crippen molar-refractivity contribution in [3.63, 3.8) is 0 Å². The fraction of sp³-hybridized carbons (Fsp3) is 0.250. The molecule has 1 aliphatic heterocycles. The van der Waals surface area contributed by atoms with Crippen LogP contribution < -0.4 is 9.47 Å². The lowest BCUT2D eigenvalue weighted by Gasteiger charge is -2.09. The second-order valence-electron chi connectivity index (χ2n) is 4.96. The van der Waals surface area contributed by atoms with Crippen LogP contribution in [-0.2, 0) is 5.75 Å². The van der Waals surface area contributed by atoms with Crippen LogP contribution in [-0.4, -0.2) is 11.8 Å². The first-order valence-corrected chi connectivity index (χ1v) is 8.45. The van der Waals surface area contributed by atoms with E-state index in [-0.39, 0.29) is 6.79 Å². The van der Waals surface area contributed by atoms with Gasteiger partial charge in [-0.2, -0.15) is 5.26 Å². The highest BCUT2D eigenvalue weighted by molar-refractivity contribution is 9.10. The largest absolute Gasteiger partial charge is 0.454 e. The molecule has 0 amide bonds. The summed E-state index contributed by atoms with van der Waals surface area (Å²) in [6.45, 7) is 4.14. The number of fused-ring (bicyclic) bond motifs is 1. The molecule has 0 spiro atoms. The molecule has 2 heterocycles. The van der Waals surface area contributed by atoms with Crippen molar-refractivity contribution in [2.75, 3.05) is 6.79 Å². The highest BCUT2D eigenvalue weighted by Gasteiger charge is 2.17. The molecule has 1 aromatic heterocycles. The van der Waals surface area contributed by atoms with E-state index in [9.17, 15) is 5.26 Å². The van der Waals surface area contributed by atoms with E-state index in [1.807, 2.05) is 32.0 Å². The molecule has 0 aliphatic carbocycles. The summed E-state index contributed by atoms with van der Waals surface area (Å²) >= 11 is 5.11. The lowest BCUT2D eigenvalue weighted by atomic mass is 10.1. The van der Waals surface area contributed by atoms with Gasteiger partial charge in [-0.3, -0.25) is 0 Å². The third-order valence-electron chi connectivity index (χ3n) is 3.33.